The van der Waals surface area contributed by atoms with E-state index in [-0.39, 0.29) is 24.8 Å². The van der Waals surface area contributed by atoms with Crippen LogP contribution < -0.4 is 5.32 Å². The fourth-order valence-corrected chi connectivity index (χ4v) is 3.77. The first-order chi connectivity index (χ1) is 14.4. The van der Waals surface area contributed by atoms with E-state index in [9.17, 15) is 18.4 Å². The van der Waals surface area contributed by atoms with E-state index < -0.39 is 17.7 Å². The number of benzene rings is 3. The molecule has 0 bridgehead atoms. The summed E-state index contributed by atoms with van der Waals surface area (Å²) in [4.78, 5) is 27.2. The second-order valence-electron chi connectivity index (χ2n) is 7.06. The van der Waals surface area contributed by atoms with Crippen molar-refractivity contribution in [3.05, 3.63) is 100 Å². The summed E-state index contributed by atoms with van der Waals surface area (Å²) >= 11 is 6.20. The molecular formula is C23H17ClF2N2O2. The fourth-order valence-electron chi connectivity index (χ4n) is 3.59. The maximum absolute atomic E-state index is 13.5. The van der Waals surface area contributed by atoms with Crippen molar-refractivity contribution < 1.29 is 18.4 Å². The Morgan fingerprint density at radius 3 is 2.30 bits per heavy atom. The van der Waals surface area contributed by atoms with E-state index in [1.165, 1.54) is 41.3 Å². The molecule has 2 amide bonds. The van der Waals surface area contributed by atoms with Crippen molar-refractivity contribution in [2.75, 3.05) is 11.9 Å². The zero-order valence-electron chi connectivity index (χ0n) is 15.7. The number of hydrogen-bond acceptors (Lipinski definition) is 2. The van der Waals surface area contributed by atoms with Gasteiger partial charge < -0.3 is 10.2 Å². The normalized spacial score (nSPS) is 15.9. The molecule has 4 rings (SSSR count). The fraction of sp³-hybridized carbons (Fsp3) is 0.130. The number of amides is 2. The van der Waals surface area contributed by atoms with E-state index in [1.54, 1.807) is 30.3 Å². The molecule has 1 heterocycles. The molecule has 0 aliphatic carbocycles. The summed E-state index contributed by atoms with van der Waals surface area (Å²) < 4.78 is 26.7. The average molecular weight is 427 g/mol. The van der Waals surface area contributed by atoms with Gasteiger partial charge in [-0.1, -0.05) is 35.9 Å². The zero-order valence-corrected chi connectivity index (χ0v) is 16.5. The lowest BCUT2D eigenvalue weighted by molar-refractivity contribution is -0.135. The van der Waals surface area contributed by atoms with Gasteiger partial charge in [0.1, 0.15) is 18.2 Å². The predicted molar refractivity (Wildman–Crippen MR) is 110 cm³/mol. The highest BCUT2D eigenvalue weighted by Gasteiger charge is 2.33. The van der Waals surface area contributed by atoms with Crippen LogP contribution in [-0.2, 0) is 16.0 Å². The number of anilines is 1. The Kier molecular flexibility index (Phi) is 5.50. The minimum Gasteiger partial charge on any atom is -0.324 e. The number of carbonyl (C=O) groups excluding carboxylic acids is 2. The van der Waals surface area contributed by atoms with E-state index in [4.69, 9.17) is 11.6 Å². The Bertz CT molecular complexity index is 1100. The molecule has 0 spiro atoms. The van der Waals surface area contributed by atoms with Gasteiger partial charge in [-0.25, -0.2) is 8.78 Å². The maximum atomic E-state index is 13.5. The Hall–Kier alpha value is -3.25. The first kappa shape index (κ1) is 20.0. The van der Waals surface area contributed by atoms with Crippen molar-refractivity contribution in [2.45, 2.75) is 12.5 Å². The van der Waals surface area contributed by atoms with Gasteiger partial charge in [-0.15, -0.1) is 0 Å². The van der Waals surface area contributed by atoms with Gasteiger partial charge in [-0.3, -0.25) is 9.59 Å². The van der Waals surface area contributed by atoms with Gasteiger partial charge in [0.15, 0.2) is 0 Å². The standard InChI is InChI=1S/C23H17ClF2N2O2/c24-16-5-10-20-19(12-16)23(15-3-8-18(26)9-4-15)28(13-21(29)27-20)22(30)11-14-1-6-17(25)7-2-14/h1-10,12,23H,11,13H2,(H,27,29)/t23-/m1/s1. The molecule has 4 nitrogen and oxygen atoms in total. The molecule has 0 radical (unpaired) electrons. The topological polar surface area (TPSA) is 49.4 Å². The third-order valence-electron chi connectivity index (χ3n) is 4.98. The van der Waals surface area contributed by atoms with Gasteiger partial charge in [0.2, 0.25) is 11.8 Å². The molecule has 152 valence electrons. The molecule has 30 heavy (non-hydrogen) atoms. The molecule has 0 unspecified atom stereocenters. The predicted octanol–water partition coefficient (Wildman–Crippen LogP) is 4.73. The number of nitrogens with zero attached hydrogens (tertiary/aromatic N) is 1. The molecule has 0 saturated carbocycles. The van der Waals surface area contributed by atoms with Gasteiger partial charge in [0.25, 0.3) is 0 Å². The van der Waals surface area contributed by atoms with Crippen LogP contribution in [0.3, 0.4) is 0 Å². The van der Waals surface area contributed by atoms with Crippen LogP contribution in [0.2, 0.25) is 5.02 Å². The van der Waals surface area contributed by atoms with Crippen molar-refractivity contribution in [1.29, 1.82) is 0 Å². The summed E-state index contributed by atoms with van der Waals surface area (Å²) in [7, 11) is 0. The first-order valence-corrected chi connectivity index (χ1v) is 9.67. The summed E-state index contributed by atoms with van der Waals surface area (Å²) in [6, 6.07) is 15.8. The number of rotatable bonds is 3. The van der Waals surface area contributed by atoms with Gasteiger partial charge in [-0.2, -0.15) is 0 Å². The molecule has 0 saturated heterocycles. The SMILES string of the molecule is O=C1CN(C(=O)Cc2ccc(F)cc2)[C@H](c2ccc(F)cc2)c2cc(Cl)ccc2N1. The highest BCUT2D eigenvalue weighted by molar-refractivity contribution is 6.30. The van der Waals surface area contributed by atoms with Crippen molar-refractivity contribution >= 4 is 29.1 Å². The van der Waals surface area contributed by atoms with Crippen LogP contribution in [-0.4, -0.2) is 23.3 Å². The molecule has 0 fully saturated rings. The molecule has 0 aromatic heterocycles. The zero-order chi connectivity index (χ0) is 21.3. The second-order valence-corrected chi connectivity index (χ2v) is 7.50. The number of fused-ring (bicyclic) bond motifs is 1. The third-order valence-corrected chi connectivity index (χ3v) is 5.22. The monoisotopic (exact) mass is 426 g/mol. The summed E-state index contributed by atoms with van der Waals surface area (Å²) in [5.74, 6) is -1.47. The van der Waals surface area contributed by atoms with Crippen LogP contribution in [0.4, 0.5) is 14.5 Å². The molecule has 1 aliphatic rings. The lowest BCUT2D eigenvalue weighted by Gasteiger charge is -2.31. The maximum Gasteiger partial charge on any atom is 0.244 e. The van der Waals surface area contributed by atoms with E-state index in [0.29, 0.717) is 27.4 Å². The number of hydrogen-bond donors (Lipinski definition) is 1. The van der Waals surface area contributed by atoms with Gasteiger partial charge in [0, 0.05) is 16.3 Å². The average Bonchev–Trinajstić information content (AvgIpc) is 2.86. The van der Waals surface area contributed by atoms with Crippen molar-refractivity contribution in [3.63, 3.8) is 0 Å². The molecular weight excluding hydrogens is 410 g/mol. The Morgan fingerprint density at radius 1 is 1.00 bits per heavy atom. The largest absolute Gasteiger partial charge is 0.324 e. The summed E-state index contributed by atoms with van der Waals surface area (Å²) in [6.07, 6.45) is -0.0127. The van der Waals surface area contributed by atoms with E-state index >= 15 is 0 Å². The Morgan fingerprint density at radius 2 is 1.63 bits per heavy atom. The van der Waals surface area contributed by atoms with Crippen LogP contribution in [0.15, 0.2) is 66.7 Å². The number of carbonyl (C=O) groups is 2. The minimum atomic E-state index is -0.647. The van der Waals surface area contributed by atoms with E-state index in [2.05, 4.69) is 5.32 Å². The van der Waals surface area contributed by atoms with E-state index in [1.807, 2.05) is 0 Å². The summed E-state index contributed by atoms with van der Waals surface area (Å²) in [6.45, 7) is -0.186. The van der Waals surface area contributed by atoms with Crippen molar-refractivity contribution in [2.24, 2.45) is 0 Å². The van der Waals surface area contributed by atoms with Crippen LogP contribution in [0.5, 0.6) is 0 Å². The molecule has 7 heteroatoms. The quantitative estimate of drug-likeness (QED) is 0.658. The number of nitrogens with one attached hydrogen (secondary N) is 1. The molecule has 1 N–H and O–H groups in total. The summed E-state index contributed by atoms with van der Waals surface area (Å²) in [5.41, 5.74) is 2.43. The molecule has 1 atom stereocenters. The van der Waals surface area contributed by atoms with Crippen LogP contribution in [0.25, 0.3) is 0 Å². The second kappa shape index (κ2) is 8.24. The smallest absolute Gasteiger partial charge is 0.244 e. The number of halogens is 3. The first-order valence-electron chi connectivity index (χ1n) is 9.29. The lowest BCUT2D eigenvalue weighted by atomic mass is 9.95. The van der Waals surface area contributed by atoms with Crippen molar-refractivity contribution in [3.8, 4) is 0 Å². The van der Waals surface area contributed by atoms with Crippen LogP contribution >= 0.6 is 11.6 Å². The van der Waals surface area contributed by atoms with E-state index in [0.717, 1.165) is 0 Å². The highest BCUT2D eigenvalue weighted by atomic mass is 35.5. The van der Waals surface area contributed by atoms with Crippen LogP contribution in [0.1, 0.15) is 22.7 Å². The van der Waals surface area contributed by atoms with Crippen LogP contribution in [0, 0.1) is 11.6 Å². The summed E-state index contributed by atoms with van der Waals surface area (Å²) in [5, 5.41) is 3.25. The third kappa shape index (κ3) is 4.19. The van der Waals surface area contributed by atoms with Crippen molar-refractivity contribution in [1.82, 2.24) is 4.90 Å². The highest BCUT2D eigenvalue weighted by Crippen LogP contribution is 2.37. The molecule has 3 aromatic carbocycles. The van der Waals surface area contributed by atoms with Gasteiger partial charge in [-0.05, 0) is 53.6 Å². The minimum absolute atomic E-state index is 0.0127. The Balaban J connectivity index is 1.79. The Labute approximate surface area is 177 Å². The van der Waals surface area contributed by atoms with Gasteiger partial charge >= 0.3 is 0 Å². The van der Waals surface area contributed by atoms with Gasteiger partial charge in [0.05, 0.1) is 12.5 Å². The molecule has 1 aliphatic heterocycles. The molecule has 3 aromatic rings. The lowest BCUT2D eigenvalue weighted by Crippen LogP contribution is -2.39.